The van der Waals surface area contributed by atoms with Crippen molar-refractivity contribution in [2.45, 2.75) is 62.0 Å². The lowest BCUT2D eigenvalue weighted by atomic mass is 9.73. The topological polar surface area (TPSA) is 111 Å². The number of aromatic nitrogens is 2. The number of nitrogens with zero attached hydrogens (tertiary/aromatic N) is 4. The van der Waals surface area contributed by atoms with Crippen LogP contribution < -0.4 is 10.6 Å². The molecule has 6 rings (SSSR count). The fourth-order valence-corrected chi connectivity index (χ4v) is 7.57. The molecule has 1 atom stereocenters. The van der Waals surface area contributed by atoms with E-state index in [2.05, 4.69) is 20.5 Å². The average Bonchev–Trinajstić information content (AvgIpc) is 3.15. The summed E-state index contributed by atoms with van der Waals surface area (Å²) in [5.41, 5.74) is 1.86. The van der Waals surface area contributed by atoms with Crippen LogP contribution in [0.1, 0.15) is 60.9 Å². The summed E-state index contributed by atoms with van der Waals surface area (Å²) in [7, 11) is 0. The quantitative estimate of drug-likeness (QED) is 0.170. The molecule has 0 spiro atoms. The van der Waals surface area contributed by atoms with E-state index in [0.717, 1.165) is 48.4 Å². The van der Waals surface area contributed by atoms with Crippen molar-refractivity contribution in [3.8, 4) is 0 Å². The van der Waals surface area contributed by atoms with E-state index in [4.69, 9.17) is 16.6 Å². The van der Waals surface area contributed by atoms with Gasteiger partial charge in [0.25, 0.3) is 0 Å². The summed E-state index contributed by atoms with van der Waals surface area (Å²) in [5, 5.41) is 18.3. The monoisotopic (exact) mass is 712 g/mol. The van der Waals surface area contributed by atoms with Crippen LogP contribution in [0.2, 0.25) is 5.02 Å². The minimum Gasteiger partial charge on any atom is -0.385 e. The summed E-state index contributed by atoms with van der Waals surface area (Å²) >= 11 is 6.08. The van der Waals surface area contributed by atoms with Gasteiger partial charge in [-0.15, -0.1) is 0 Å². The molecule has 268 valence electrons. The number of halogens is 2. The number of pyridine rings is 2. The molecule has 0 bridgehead atoms. The van der Waals surface area contributed by atoms with Gasteiger partial charge in [-0.05, 0) is 104 Å². The molecule has 2 aromatic carbocycles. The second-order valence-corrected chi connectivity index (χ2v) is 14.2. The molecule has 2 saturated heterocycles. The fourth-order valence-electron chi connectivity index (χ4n) is 7.45. The van der Waals surface area contributed by atoms with Crippen molar-refractivity contribution < 1.29 is 19.1 Å². The summed E-state index contributed by atoms with van der Waals surface area (Å²) in [6.45, 7) is 3.72. The third-order valence-electron chi connectivity index (χ3n) is 10.5. The van der Waals surface area contributed by atoms with Gasteiger partial charge in [0.2, 0.25) is 5.91 Å². The summed E-state index contributed by atoms with van der Waals surface area (Å²) in [6.07, 6.45) is 9.49. The minimum absolute atomic E-state index is 0.0619. The molecule has 2 fully saturated rings. The van der Waals surface area contributed by atoms with Gasteiger partial charge in [0.1, 0.15) is 5.82 Å². The standard InChI is InChI=1S/C40H46ClFN6O3/c41-33-11-7-32(8-12-33)40(51)18-25-47(26-19-40)22-4-17-39(36-6-1-2-21-44-36,31-9-13-34(42)14-10-31)29-45-38(50)46-35-15-23-48(24-16-35)37(49)27-30-5-3-20-43-28-30/h1-3,5-14,20-21,28,35,51H,4,15-19,22-27,29H2,(H2,45,46,50). The molecule has 3 amide bonds. The number of rotatable bonds is 12. The van der Waals surface area contributed by atoms with Gasteiger partial charge in [0.05, 0.1) is 23.1 Å². The molecule has 1 unspecified atom stereocenters. The number of nitrogens with one attached hydrogen (secondary N) is 2. The highest BCUT2D eigenvalue weighted by molar-refractivity contribution is 6.30. The Labute approximate surface area is 304 Å². The number of likely N-dealkylation sites (tertiary alicyclic amines) is 2. The zero-order valence-electron chi connectivity index (χ0n) is 28.8. The van der Waals surface area contributed by atoms with E-state index in [1.807, 2.05) is 59.5 Å². The molecule has 2 aliphatic rings. The number of carbonyl (C=O) groups is 2. The van der Waals surface area contributed by atoms with Crippen molar-refractivity contribution in [2.75, 3.05) is 39.3 Å². The molecule has 9 nitrogen and oxygen atoms in total. The lowest BCUT2D eigenvalue weighted by Gasteiger charge is -2.39. The van der Waals surface area contributed by atoms with E-state index >= 15 is 0 Å². The van der Waals surface area contributed by atoms with Crippen LogP contribution in [-0.2, 0) is 22.2 Å². The number of urea groups is 1. The van der Waals surface area contributed by atoms with E-state index in [0.29, 0.717) is 56.6 Å². The smallest absolute Gasteiger partial charge is 0.315 e. The summed E-state index contributed by atoms with van der Waals surface area (Å²) < 4.78 is 14.2. The largest absolute Gasteiger partial charge is 0.385 e. The van der Waals surface area contributed by atoms with Crippen LogP contribution in [0, 0.1) is 5.82 Å². The molecule has 51 heavy (non-hydrogen) atoms. The van der Waals surface area contributed by atoms with Gasteiger partial charge >= 0.3 is 6.03 Å². The number of hydrogen-bond donors (Lipinski definition) is 3. The van der Waals surface area contributed by atoms with Gasteiger partial charge in [-0.2, -0.15) is 0 Å². The predicted molar refractivity (Wildman–Crippen MR) is 196 cm³/mol. The molecule has 3 N–H and O–H groups in total. The first-order valence-corrected chi connectivity index (χ1v) is 18.2. The Morgan fingerprint density at radius 1 is 0.941 bits per heavy atom. The zero-order chi connectivity index (χ0) is 35.7. The van der Waals surface area contributed by atoms with E-state index in [-0.39, 0.29) is 30.3 Å². The summed E-state index contributed by atoms with van der Waals surface area (Å²) in [5.74, 6) is -0.265. The maximum absolute atomic E-state index is 14.2. The third-order valence-corrected chi connectivity index (χ3v) is 10.8. The van der Waals surface area contributed by atoms with Crippen LogP contribution in [0.5, 0.6) is 0 Å². The molecule has 0 radical (unpaired) electrons. The van der Waals surface area contributed by atoms with Gasteiger partial charge < -0.3 is 25.5 Å². The van der Waals surface area contributed by atoms with Gasteiger partial charge in [-0.1, -0.05) is 48.0 Å². The Balaban J connectivity index is 1.08. The third kappa shape index (κ3) is 9.30. The number of carbonyl (C=O) groups excluding carboxylic acids is 2. The average molecular weight is 713 g/mol. The van der Waals surface area contributed by atoms with Crippen LogP contribution in [0.4, 0.5) is 9.18 Å². The highest BCUT2D eigenvalue weighted by Gasteiger charge is 2.38. The number of amides is 3. The fraction of sp³-hybridized carbons (Fsp3) is 0.400. The number of hydrogen-bond acceptors (Lipinski definition) is 6. The maximum Gasteiger partial charge on any atom is 0.315 e. The Morgan fingerprint density at radius 2 is 1.69 bits per heavy atom. The molecule has 2 aromatic heterocycles. The molecule has 0 aliphatic carbocycles. The number of piperidine rings is 2. The van der Waals surface area contributed by atoms with Crippen LogP contribution in [0.3, 0.4) is 0 Å². The van der Waals surface area contributed by atoms with Gasteiger partial charge in [0, 0.05) is 62.4 Å². The molecule has 4 heterocycles. The lowest BCUT2D eigenvalue weighted by molar-refractivity contribution is -0.131. The molecule has 11 heteroatoms. The van der Waals surface area contributed by atoms with E-state index in [1.165, 1.54) is 12.1 Å². The van der Waals surface area contributed by atoms with Crippen LogP contribution in [0.25, 0.3) is 0 Å². The molecule has 0 saturated carbocycles. The van der Waals surface area contributed by atoms with Crippen LogP contribution in [0.15, 0.2) is 97.5 Å². The number of benzene rings is 2. The first-order valence-electron chi connectivity index (χ1n) is 17.8. The normalized spacial score (nSPS) is 17.7. The first-order chi connectivity index (χ1) is 24.7. The van der Waals surface area contributed by atoms with Gasteiger partial charge in [-0.25, -0.2) is 9.18 Å². The Kier molecular flexibility index (Phi) is 12.0. The molecule has 2 aliphatic heterocycles. The number of aliphatic hydroxyl groups is 1. The van der Waals surface area contributed by atoms with Crippen LogP contribution >= 0.6 is 11.6 Å². The summed E-state index contributed by atoms with van der Waals surface area (Å²) in [4.78, 5) is 39.3. The van der Waals surface area contributed by atoms with E-state index in [1.54, 1.807) is 30.7 Å². The van der Waals surface area contributed by atoms with Crippen LogP contribution in [-0.4, -0.2) is 82.1 Å². The van der Waals surface area contributed by atoms with Crippen molar-refractivity contribution in [3.63, 3.8) is 0 Å². The predicted octanol–water partition coefficient (Wildman–Crippen LogP) is 5.85. The molecule has 4 aromatic rings. The zero-order valence-corrected chi connectivity index (χ0v) is 29.6. The summed E-state index contributed by atoms with van der Waals surface area (Å²) in [6, 6.07) is 23.1. The van der Waals surface area contributed by atoms with Crippen molar-refractivity contribution >= 4 is 23.5 Å². The highest BCUT2D eigenvalue weighted by Crippen LogP contribution is 2.37. The van der Waals surface area contributed by atoms with Crippen molar-refractivity contribution in [1.29, 1.82) is 0 Å². The van der Waals surface area contributed by atoms with E-state index in [9.17, 15) is 19.1 Å². The minimum atomic E-state index is -0.879. The Morgan fingerprint density at radius 3 is 2.35 bits per heavy atom. The molecular formula is C40H46ClFN6O3. The lowest BCUT2D eigenvalue weighted by Crippen LogP contribution is -2.51. The van der Waals surface area contributed by atoms with E-state index < -0.39 is 11.0 Å². The first kappa shape index (κ1) is 36.4. The Bertz CT molecular complexity index is 1720. The van der Waals surface area contributed by atoms with Crippen molar-refractivity contribution in [1.82, 2.24) is 30.4 Å². The Hall–Kier alpha value is -4.38. The van der Waals surface area contributed by atoms with Gasteiger partial charge in [0.15, 0.2) is 0 Å². The van der Waals surface area contributed by atoms with Gasteiger partial charge in [-0.3, -0.25) is 14.8 Å². The van der Waals surface area contributed by atoms with Crippen molar-refractivity contribution in [3.05, 3.63) is 131 Å². The van der Waals surface area contributed by atoms with Crippen molar-refractivity contribution in [2.24, 2.45) is 0 Å². The maximum atomic E-state index is 14.2. The molecular weight excluding hydrogens is 667 g/mol. The SMILES string of the molecule is O=C(NCC(CCCN1CCC(O)(c2ccc(Cl)cc2)CC1)(c1ccc(F)cc1)c1ccccn1)NC1CCN(C(=O)Cc2cccnc2)CC1. The second kappa shape index (κ2) is 16.8. The highest BCUT2D eigenvalue weighted by atomic mass is 35.5. The second-order valence-electron chi connectivity index (χ2n) is 13.8.